The topological polar surface area (TPSA) is 27.0 Å². The van der Waals surface area contributed by atoms with Gasteiger partial charge in [-0.05, 0) is 34.0 Å². The van der Waals surface area contributed by atoms with Gasteiger partial charge in [0, 0.05) is 12.5 Å². The largest absolute Gasteiger partial charge is 0.279 e. The van der Waals surface area contributed by atoms with Crippen LogP contribution in [0.3, 0.4) is 0 Å². The number of nitriles is 1. The summed E-state index contributed by atoms with van der Waals surface area (Å²) in [5.74, 6) is 0.0946. The summed E-state index contributed by atoms with van der Waals surface area (Å²) < 4.78 is 0. The van der Waals surface area contributed by atoms with Gasteiger partial charge in [0.2, 0.25) is 0 Å². The van der Waals surface area contributed by atoms with Crippen molar-refractivity contribution in [1.29, 1.82) is 5.26 Å². The maximum absolute atomic E-state index is 9.81. The van der Waals surface area contributed by atoms with Gasteiger partial charge in [0.15, 0.2) is 6.19 Å². The summed E-state index contributed by atoms with van der Waals surface area (Å²) in [6.45, 7) is 0.596. The summed E-state index contributed by atoms with van der Waals surface area (Å²) in [6.07, 6.45) is 2.37. The van der Waals surface area contributed by atoms with E-state index >= 15 is 0 Å². The van der Waals surface area contributed by atoms with E-state index in [1.165, 1.54) is 21.9 Å². The van der Waals surface area contributed by atoms with Gasteiger partial charge >= 0.3 is 0 Å². The summed E-state index contributed by atoms with van der Waals surface area (Å²) in [7, 11) is 0. The molecule has 0 unspecified atom stereocenters. The highest BCUT2D eigenvalue weighted by molar-refractivity contribution is 5.86. The minimum Gasteiger partial charge on any atom is -0.279 e. The van der Waals surface area contributed by atoms with E-state index in [9.17, 15) is 5.26 Å². The fourth-order valence-corrected chi connectivity index (χ4v) is 3.62. The predicted molar refractivity (Wildman–Crippen MR) is 112 cm³/mol. The van der Waals surface area contributed by atoms with Crippen LogP contribution >= 0.6 is 0 Å². The van der Waals surface area contributed by atoms with Crippen LogP contribution in [0, 0.1) is 11.5 Å². The minimum atomic E-state index is 0.0946. The normalized spacial score (nSPS) is 11.7. The summed E-state index contributed by atoms with van der Waals surface area (Å²) in [5, 5.41) is 12.3. The second-order valence-corrected chi connectivity index (χ2v) is 6.58. The van der Waals surface area contributed by atoms with Gasteiger partial charge in [0.05, 0.1) is 5.69 Å². The van der Waals surface area contributed by atoms with Crippen molar-refractivity contribution in [3.63, 3.8) is 0 Å². The number of rotatable bonds is 5. The standard InChI is InChI=1S/C25H20N2/c26-19-27(22-14-5-2-6-15-22)18-25(21-10-3-1-4-11-21)24-17-9-13-20-12-7-8-16-23(20)24/h1-17,25H,18H2/t25-/m1/s1. The van der Waals surface area contributed by atoms with Crippen LogP contribution in [0.4, 0.5) is 5.69 Å². The fourth-order valence-electron chi connectivity index (χ4n) is 3.62. The lowest BCUT2D eigenvalue weighted by Crippen LogP contribution is -2.24. The van der Waals surface area contributed by atoms with Gasteiger partial charge < -0.3 is 0 Å². The highest BCUT2D eigenvalue weighted by atomic mass is 15.1. The zero-order valence-electron chi connectivity index (χ0n) is 15.0. The van der Waals surface area contributed by atoms with Crippen LogP contribution in [-0.4, -0.2) is 6.54 Å². The third kappa shape index (κ3) is 3.54. The van der Waals surface area contributed by atoms with Gasteiger partial charge in [-0.1, -0.05) is 91.0 Å². The molecule has 130 valence electrons. The molecule has 2 heteroatoms. The lowest BCUT2D eigenvalue weighted by molar-refractivity contribution is 0.800. The molecule has 0 saturated heterocycles. The zero-order valence-corrected chi connectivity index (χ0v) is 15.0. The molecule has 0 fully saturated rings. The predicted octanol–water partition coefficient (Wildman–Crippen LogP) is 5.96. The monoisotopic (exact) mass is 348 g/mol. The Kier molecular flexibility index (Phi) is 4.85. The second kappa shape index (κ2) is 7.76. The molecular weight excluding hydrogens is 328 g/mol. The molecule has 0 aliphatic carbocycles. The average molecular weight is 348 g/mol. The molecule has 0 radical (unpaired) electrons. The molecule has 4 rings (SSSR count). The molecule has 4 aromatic carbocycles. The van der Waals surface area contributed by atoms with Crippen LogP contribution < -0.4 is 4.90 Å². The van der Waals surface area contributed by atoms with E-state index in [2.05, 4.69) is 72.9 Å². The molecule has 27 heavy (non-hydrogen) atoms. The van der Waals surface area contributed by atoms with Gasteiger partial charge in [-0.3, -0.25) is 4.90 Å². The molecule has 4 aromatic rings. The molecule has 2 nitrogen and oxygen atoms in total. The Morgan fingerprint density at radius 1 is 0.704 bits per heavy atom. The second-order valence-electron chi connectivity index (χ2n) is 6.58. The fraction of sp³-hybridized carbons (Fsp3) is 0.0800. The highest BCUT2D eigenvalue weighted by Crippen LogP contribution is 2.32. The van der Waals surface area contributed by atoms with Crippen LogP contribution in [0.2, 0.25) is 0 Å². The number of anilines is 1. The van der Waals surface area contributed by atoms with Crippen LogP contribution in [-0.2, 0) is 0 Å². The molecule has 0 aliphatic heterocycles. The first kappa shape index (κ1) is 16.9. The maximum atomic E-state index is 9.81. The molecule has 0 N–H and O–H groups in total. The van der Waals surface area contributed by atoms with E-state index in [1.807, 2.05) is 36.4 Å². The Balaban J connectivity index is 1.82. The van der Waals surface area contributed by atoms with Crippen molar-refractivity contribution >= 4 is 16.5 Å². The number of hydrogen-bond acceptors (Lipinski definition) is 2. The Bertz CT molecular complexity index is 1060. The third-order valence-corrected chi connectivity index (χ3v) is 4.95. The van der Waals surface area contributed by atoms with E-state index in [0.717, 1.165) is 5.69 Å². The summed E-state index contributed by atoms with van der Waals surface area (Å²) >= 11 is 0. The minimum absolute atomic E-state index is 0.0946. The molecule has 0 amide bonds. The van der Waals surface area contributed by atoms with Gasteiger partial charge in [-0.25, -0.2) is 0 Å². The molecule has 0 saturated carbocycles. The molecule has 0 spiro atoms. The molecule has 0 aliphatic rings. The van der Waals surface area contributed by atoms with E-state index in [4.69, 9.17) is 0 Å². The molecule has 0 bridgehead atoms. The lowest BCUT2D eigenvalue weighted by atomic mass is 9.87. The van der Waals surface area contributed by atoms with E-state index in [-0.39, 0.29) is 5.92 Å². The summed E-state index contributed by atoms with van der Waals surface area (Å²) in [5.41, 5.74) is 3.38. The number of hydrogen-bond donors (Lipinski definition) is 0. The number of nitrogens with zero attached hydrogens (tertiary/aromatic N) is 2. The van der Waals surface area contributed by atoms with E-state index < -0.39 is 0 Å². The Morgan fingerprint density at radius 2 is 1.33 bits per heavy atom. The average Bonchev–Trinajstić information content (AvgIpc) is 2.76. The van der Waals surface area contributed by atoms with Crippen molar-refractivity contribution in [2.45, 2.75) is 5.92 Å². The Labute approximate surface area is 159 Å². The lowest BCUT2D eigenvalue weighted by Gasteiger charge is -2.25. The van der Waals surface area contributed by atoms with E-state index in [1.54, 1.807) is 4.90 Å². The molecule has 0 heterocycles. The van der Waals surface area contributed by atoms with Crippen molar-refractivity contribution < 1.29 is 0 Å². The molecule has 1 atom stereocenters. The first-order valence-corrected chi connectivity index (χ1v) is 9.12. The van der Waals surface area contributed by atoms with Gasteiger partial charge in [0.1, 0.15) is 0 Å². The van der Waals surface area contributed by atoms with Crippen molar-refractivity contribution in [2.75, 3.05) is 11.4 Å². The number of benzene rings is 4. The van der Waals surface area contributed by atoms with Crippen LogP contribution in [0.5, 0.6) is 0 Å². The Hall–Kier alpha value is -3.57. The smallest absolute Gasteiger partial charge is 0.184 e. The van der Waals surface area contributed by atoms with Crippen molar-refractivity contribution in [3.05, 3.63) is 114 Å². The highest BCUT2D eigenvalue weighted by Gasteiger charge is 2.20. The number of para-hydroxylation sites is 1. The van der Waals surface area contributed by atoms with Crippen LogP contribution in [0.1, 0.15) is 17.0 Å². The quantitative estimate of drug-likeness (QED) is 0.329. The zero-order chi connectivity index (χ0) is 18.5. The van der Waals surface area contributed by atoms with Gasteiger partial charge in [-0.15, -0.1) is 0 Å². The SMILES string of the molecule is N#CN(C[C@H](c1ccccc1)c1cccc2ccccc12)c1ccccc1. The van der Waals surface area contributed by atoms with Crippen LogP contribution in [0.25, 0.3) is 10.8 Å². The van der Waals surface area contributed by atoms with Crippen molar-refractivity contribution in [1.82, 2.24) is 0 Å². The molecule has 0 aromatic heterocycles. The first-order valence-electron chi connectivity index (χ1n) is 9.12. The van der Waals surface area contributed by atoms with Crippen molar-refractivity contribution in [2.24, 2.45) is 0 Å². The summed E-state index contributed by atoms with van der Waals surface area (Å²) in [4.78, 5) is 1.78. The van der Waals surface area contributed by atoms with Gasteiger partial charge in [-0.2, -0.15) is 5.26 Å². The van der Waals surface area contributed by atoms with E-state index in [0.29, 0.717) is 6.54 Å². The third-order valence-electron chi connectivity index (χ3n) is 4.95. The number of fused-ring (bicyclic) bond motifs is 1. The first-order chi connectivity index (χ1) is 13.4. The summed E-state index contributed by atoms with van der Waals surface area (Å²) in [6, 6.07) is 35.2. The van der Waals surface area contributed by atoms with Crippen LogP contribution in [0.15, 0.2) is 103 Å². The Morgan fingerprint density at radius 3 is 2.07 bits per heavy atom. The maximum Gasteiger partial charge on any atom is 0.184 e. The van der Waals surface area contributed by atoms with Crippen molar-refractivity contribution in [3.8, 4) is 6.19 Å². The molecular formula is C25H20N2. The van der Waals surface area contributed by atoms with Gasteiger partial charge in [0.25, 0.3) is 0 Å².